The third kappa shape index (κ3) is 6.48. The molecule has 0 radical (unpaired) electrons. The quantitative estimate of drug-likeness (QED) is 0.431. The monoisotopic (exact) mass is 369 g/mol. The summed E-state index contributed by atoms with van der Waals surface area (Å²) in [4.78, 5) is 12.5. The molecule has 2 atom stereocenters. The van der Waals surface area contributed by atoms with Crippen LogP contribution in [-0.2, 0) is 4.79 Å². The van der Waals surface area contributed by atoms with E-state index in [1.165, 1.54) is 6.42 Å². The summed E-state index contributed by atoms with van der Waals surface area (Å²) in [7, 11) is 13.1. The number of halogens is 1. The van der Waals surface area contributed by atoms with Crippen LogP contribution in [0.5, 0.6) is 0 Å². The van der Waals surface area contributed by atoms with Gasteiger partial charge in [-0.25, -0.2) is 0 Å². The molecule has 108 valence electrons. The molecule has 0 N–H and O–H groups in total. The van der Waals surface area contributed by atoms with E-state index >= 15 is 0 Å². The van der Waals surface area contributed by atoms with E-state index in [0.29, 0.717) is 17.6 Å². The fourth-order valence-electron chi connectivity index (χ4n) is 2.91. The van der Waals surface area contributed by atoms with Crippen molar-refractivity contribution in [2.45, 2.75) is 19.3 Å². The standard InChI is InChI=1S/C14H30N2O.HI/c1-15(2,3)10-12-8-7-9-13(14(12)17)11-16(4,5)6;/h12-13H,7-11H2,1-6H3;1H/q+2;/p-1. The summed E-state index contributed by atoms with van der Waals surface area (Å²) in [6.07, 6.45) is 3.42. The van der Waals surface area contributed by atoms with Crippen LogP contribution in [-0.4, -0.2) is 70.1 Å². The number of hydrogen-bond donors (Lipinski definition) is 0. The maximum absolute atomic E-state index is 12.5. The van der Waals surface area contributed by atoms with E-state index < -0.39 is 0 Å². The van der Waals surface area contributed by atoms with Gasteiger partial charge in [0.1, 0.15) is 5.78 Å². The van der Waals surface area contributed by atoms with Crippen molar-refractivity contribution >= 4 is 5.78 Å². The summed E-state index contributed by atoms with van der Waals surface area (Å²) in [5.74, 6) is 1.11. The van der Waals surface area contributed by atoms with Gasteiger partial charge in [0, 0.05) is 0 Å². The molecule has 0 aromatic rings. The molecule has 1 rings (SSSR count). The van der Waals surface area contributed by atoms with Gasteiger partial charge in [0.25, 0.3) is 0 Å². The minimum atomic E-state index is 0. The van der Waals surface area contributed by atoms with Crippen LogP contribution in [0.4, 0.5) is 0 Å². The smallest absolute Gasteiger partial charge is 0.150 e. The topological polar surface area (TPSA) is 17.1 Å². The lowest BCUT2D eigenvalue weighted by Crippen LogP contribution is -3.00. The van der Waals surface area contributed by atoms with Gasteiger partial charge in [-0.15, -0.1) is 0 Å². The molecule has 0 bridgehead atoms. The van der Waals surface area contributed by atoms with Gasteiger partial charge in [0.15, 0.2) is 0 Å². The molecule has 1 fully saturated rings. The first-order chi connectivity index (χ1) is 7.58. The highest BCUT2D eigenvalue weighted by Crippen LogP contribution is 2.28. The zero-order valence-corrected chi connectivity index (χ0v) is 15.0. The first-order valence-corrected chi connectivity index (χ1v) is 6.73. The van der Waals surface area contributed by atoms with E-state index in [4.69, 9.17) is 0 Å². The Bertz CT molecular complexity index is 252. The van der Waals surface area contributed by atoms with Crippen molar-refractivity contribution in [1.29, 1.82) is 0 Å². The van der Waals surface area contributed by atoms with Crippen LogP contribution in [0, 0.1) is 11.8 Å². The Morgan fingerprint density at radius 3 is 1.50 bits per heavy atom. The molecule has 2 unspecified atom stereocenters. The van der Waals surface area contributed by atoms with Crippen LogP contribution >= 0.6 is 0 Å². The minimum Gasteiger partial charge on any atom is -1.00 e. The lowest BCUT2D eigenvalue weighted by atomic mass is 9.79. The second-order valence-electron chi connectivity index (χ2n) is 7.67. The molecule has 0 amide bonds. The van der Waals surface area contributed by atoms with Gasteiger partial charge >= 0.3 is 0 Å². The molecule has 18 heavy (non-hydrogen) atoms. The van der Waals surface area contributed by atoms with Gasteiger partial charge in [-0.05, 0) is 12.8 Å². The summed E-state index contributed by atoms with van der Waals surface area (Å²) in [5, 5.41) is 0. The van der Waals surface area contributed by atoms with Crippen LogP contribution in [0.15, 0.2) is 0 Å². The molecular weight excluding hydrogens is 339 g/mol. The van der Waals surface area contributed by atoms with E-state index in [-0.39, 0.29) is 24.0 Å². The predicted octanol–water partition coefficient (Wildman–Crippen LogP) is -1.61. The number of nitrogens with zero attached hydrogens (tertiary/aromatic N) is 2. The average Bonchev–Trinajstić information content (AvgIpc) is 2.07. The largest absolute Gasteiger partial charge is 1.00 e. The van der Waals surface area contributed by atoms with Gasteiger partial charge in [-0.1, -0.05) is 6.42 Å². The Morgan fingerprint density at radius 2 is 1.22 bits per heavy atom. The van der Waals surface area contributed by atoms with E-state index in [0.717, 1.165) is 34.9 Å². The second-order valence-corrected chi connectivity index (χ2v) is 7.67. The Kier molecular flexibility index (Phi) is 6.78. The number of hydrogen-bond acceptors (Lipinski definition) is 1. The van der Waals surface area contributed by atoms with Gasteiger partial charge in [0.05, 0.1) is 67.2 Å². The lowest BCUT2D eigenvalue weighted by Gasteiger charge is -2.35. The number of rotatable bonds is 4. The first-order valence-electron chi connectivity index (χ1n) is 6.73. The molecule has 1 aliphatic rings. The molecule has 0 aliphatic heterocycles. The van der Waals surface area contributed by atoms with E-state index in [1.807, 2.05) is 0 Å². The van der Waals surface area contributed by atoms with Crippen molar-refractivity contribution in [2.75, 3.05) is 55.4 Å². The maximum Gasteiger partial charge on any atom is 0.150 e. The number of carbonyl (C=O) groups excluding carboxylic acids is 1. The Hall–Kier alpha value is 0.320. The number of carbonyl (C=O) groups is 1. The van der Waals surface area contributed by atoms with Gasteiger partial charge in [-0.3, -0.25) is 4.79 Å². The highest BCUT2D eigenvalue weighted by Gasteiger charge is 2.36. The Morgan fingerprint density at radius 1 is 0.889 bits per heavy atom. The summed E-state index contributed by atoms with van der Waals surface area (Å²) in [5.41, 5.74) is 0. The summed E-state index contributed by atoms with van der Waals surface area (Å²) in [6, 6.07) is 0. The molecule has 4 heteroatoms. The SMILES string of the molecule is C[N+](C)(C)CC1CCCC(C[N+](C)(C)C)C1=O.[I-]. The third-order valence-electron chi connectivity index (χ3n) is 3.45. The van der Waals surface area contributed by atoms with Crippen LogP contribution in [0.3, 0.4) is 0 Å². The van der Waals surface area contributed by atoms with E-state index in [9.17, 15) is 4.79 Å². The van der Waals surface area contributed by atoms with Crippen molar-refractivity contribution in [3.63, 3.8) is 0 Å². The second kappa shape index (κ2) is 6.66. The molecule has 0 aromatic carbocycles. The number of quaternary nitrogens is 2. The van der Waals surface area contributed by atoms with Crippen LogP contribution in [0.1, 0.15) is 19.3 Å². The molecule has 0 aromatic heterocycles. The van der Waals surface area contributed by atoms with Crippen LogP contribution in [0.25, 0.3) is 0 Å². The van der Waals surface area contributed by atoms with Gasteiger partial charge in [0.2, 0.25) is 0 Å². The normalized spacial score (nSPS) is 25.8. The van der Waals surface area contributed by atoms with Crippen molar-refractivity contribution in [3.05, 3.63) is 0 Å². The molecule has 1 saturated carbocycles. The van der Waals surface area contributed by atoms with E-state index in [2.05, 4.69) is 42.3 Å². The average molecular weight is 369 g/mol. The van der Waals surface area contributed by atoms with Crippen molar-refractivity contribution in [1.82, 2.24) is 0 Å². The number of ketones is 1. The van der Waals surface area contributed by atoms with Crippen LogP contribution in [0.2, 0.25) is 0 Å². The van der Waals surface area contributed by atoms with Gasteiger partial charge in [-0.2, -0.15) is 0 Å². The molecule has 0 saturated heterocycles. The van der Waals surface area contributed by atoms with Gasteiger partial charge < -0.3 is 32.9 Å². The summed E-state index contributed by atoms with van der Waals surface area (Å²) in [6.45, 7) is 1.99. The fourth-order valence-corrected chi connectivity index (χ4v) is 2.91. The molecule has 3 nitrogen and oxygen atoms in total. The molecular formula is C14H30IN2O+. The Labute approximate surface area is 130 Å². The number of Topliss-reactive ketones (excluding diaryl/α,β-unsaturated/α-hetero) is 1. The third-order valence-corrected chi connectivity index (χ3v) is 3.45. The molecule has 0 spiro atoms. The highest BCUT2D eigenvalue weighted by atomic mass is 127. The van der Waals surface area contributed by atoms with Crippen molar-refractivity contribution in [3.8, 4) is 0 Å². The first kappa shape index (κ1) is 18.3. The lowest BCUT2D eigenvalue weighted by molar-refractivity contribution is -0.874. The minimum absolute atomic E-state index is 0. The zero-order chi connectivity index (χ0) is 13.3. The summed E-state index contributed by atoms with van der Waals surface area (Å²) >= 11 is 0. The predicted molar refractivity (Wildman–Crippen MR) is 71.6 cm³/mol. The van der Waals surface area contributed by atoms with Crippen LogP contribution < -0.4 is 24.0 Å². The molecule has 1 aliphatic carbocycles. The van der Waals surface area contributed by atoms with E-state index in [1.54, 1.807) is 0 Å². The molecule has 0 heterocycles. The fraction of sp³-hybridized carbons (Fsp3) is 0.929. The van der Waals surface area contributed by atoms with Crippen molar-refractivity contribution in [2.24, 2.45) is 11.8 Å². The van der Waals surface area contributed by atoms with Crippen molar-refractivity contribution < 1.29 is 37.7 Å². The maximum atomic E-state index is 12.5. The Balaban J connectivity index is 0.00000289. The summed E-state index contributed by atoms with van der Waals surface area (Å²) < 4.78 is 1.79. The zero-order valence-electron chi connectivity index (χ0n) is 12.9. The highest BCUT2D eigenvalue weighted by molar-refractivity contribution is 5.84.